The number of nitrogens with one attached hydrogen (secondary N) is 1. The largest absolute Gasteiger partial charge is 0.504 e. The van der Waals surface area contributed by atoms with Gasteiger partial charge in [-0.25, -0.2) is 0 Å². The molecule has 1 heterocycles. The molecule has 0 saturated carbocycles. The van der Waals surface area contributed by atoms with Crippen molar-refractivity contribution in [3.05, 3.63) is 41.7 Å². The van der Waals surface area contributed by atoms with E-state index in [9.17, 15) is 15.0 Å². The highest BCUT2D eigenvalue weighted by Crippen LogP contribution is 2.27. The maximum Gasteiger partial charge on any atom is 0.255 e. The van der Waals surface area contributed by atoms with E-state index in [1.807, 2.05) is 13.2 Å². The first-order chi connectivity index (χ1) is 9.08. The van der Waals surface area contributed by atoms with Crippen molar-refractivity contribution >= 4 is 5.91 Å². The maximum atomic E-state index is 11.8. The molecule has 6 heteroatoms. The summed E-state index contributed by atoms with van der Waals surface area (Å²) >= 11 is 0. The molecule has 19 heavy (non-hydrogen) atoms. The minimum absolute atomic E-state index is 0.0613. The molecule has 0 spiro atoms. The molecule has 2 rings (SSSR count). The number of phenolic OH excluding ortho intramolecular Hbond substituents is 2. The molecule has 0 aliphatic heterocycles. The van der Waals surface area contributed by atoms with Crippen LogP contribution in [0.5, 0.6) is 11.5 Å². The molecule has 0 aliphatic carbocycles. The lowest BCUT2D eigenvalue weighted by atomic mass is 10.1. The van der Waals surface area contributed by atoms with Crippen LogP contribution in [0.2, 0.25) is 0 Å². The number of para-hydroxylation sites is 1. The summed E-state index contributed by atoms with van der Waals surface area (Å²) in [7, 11) is 1.83. The number of aromatic hydroxyl groups is 2. The van der Waals surface area contributed by atoms with Crippen molar-refractivity contribution < 1.29 is 15.0 Å². The minimum Gasteiger partial charge on any atom is -0.504 e. The second-order valence-electron chi connectivity index (χ2n) is 4.20. The standard InChI is InChI=1S/C13H15N3O3/c1-16-8-9(7-15-16)5-6-14-13(19)10-3-2-4-11(17)12(10)18/h2-4,7-8,17-18H,5-6H2,1H3,(H,14,19). The Balaban J connectivity index is 1.93. The summed E-state index contributed by atoms with van der Waals surface area (Å²) in [5.41, 5.74) is 1.08. The highest BCUT2D eigenvalue weighted by molar-refractivity contribution is 5.97. The third-order valence-electron chi connectivity index (χ3n) is 2.72. The van der Waals surface area contributed by atoms with E-state index >= 15 is 0 Å². The molecule has 2 aromatic rings. The lowest BCUT2D eigenvalue weighted by Crippen LogP contribution is -2.25. The van der Waals surface area contributed by atoms with Crippen molar-refractivity contribution in [1.29, 1.82) is 0 Å². The van der Waals surface area contributed by atoms with Gasteiger partial charge in [0, 0.05) is 19.8 Å². The first-order valence-corrected chi connectivity index (χ1v) is 5.84. The number of carbonyl (C=O) groups is 1. The summed E-state index contributed by atoms with van der Waals surface area (Å²) in [6, 6.07) is 4.28. The molecule has 0 saturated heterocycles. The molecule has 0 unspecified atom stereocenters. The van der Waals surface area contributed by atoms with Crippen molar-refractivity contribution in [2.45, 2.75) is 6.42 Å². The zero-order valence-electron chi connectivity index (χ0n) is 10.5. The Morgan fingerprint density at radius 1 is 1.42 bits per heavy atom. The first-order valence-electron chi connectivity index (χ1n) is 5.84. The van der Waals surface area contributed by atoms with Gasteiger partial charge in [-0.3, -0.25) is 9.48 Å². The average molecular weight is 261 g/mol. The molecule has 100 valence electrons. The fraction of sp³-hybridized carbons (Fsp3) is 0.231. The van der Waals surface area contributed by atoms with Crippen molar-refractivity contribution in [2.75, 3.05) is 6.54 Å². The van der Waals surface area contributed by atoms with Crippen LogP contribution in [0.3, 0.4) is 0 Å². The third-order valence-corrected chi connectivity index (χ3v) is 2.72. The molecule has 0 bridgehead atoms. The number of benzene rings is 1. The van der Waals surface area contributed by atoms with E-state index in [0.717, 1.165) is 5.56 Å². The van der Waals surface area contributed by atoms with Gasteiger partial charge in [0.05, 0.1) is 11.8 Å². The number of carbonyl (C=O) groups excluding carboxylic acids is 1. The average Bonchev–Trinajstić information content (AvgIpc) is 2.78. The van der Waals surface area contributed by atoms with Crippen LogP contribution < -0.4 is 5.32 Å². The Bertz CT molecular complexity index is 593. The van der Waals surface area contributed by atoms with Gasteiger partial charge >= 0.3 is 0 Å². The Labute approximate surface area is 110 Å². The number of amides is 1. The van der Waals surface area contributed by atoms with Crippen LogP contribution in [0.25, 0.3) is 0 Å². The highest BCUT2D eigenvalue weighted by atomic mass is 16.3. The van der Waals surface area contributed by atoms with E-state index in [0.29, 0.717) is 13.0 Å². The molecule has 0 atom stereocenters. The van der Waals surface area contributed by atoms with Crippen LogP contribution in [0.15, 0.2) is 30.6 Å². The van der Waals surface area contributed by atoms with Gasteiger partial charge in [-0.15, -0.1) is 0 Å². The smallest absolute Gasteiger partial charge is 0.255 e. The summed E-state index contributed by atoms with van der Waals surface area (Å²) in [4.78, 5) is 11.8. The Morgan fingerprint density at radius 2 is 2.21 bits per heavy atom. The molecule has 1 amide bonds. The van der Waals surface area contributed by atoms with Gasteiger partial charge in [0.1, 0.15) is 0 Å². The zero-order chi connectivity index (χ0) is 13.8. The quantitative estimate of drug-likeness (QED) is 0.710. The van der Waals surface area contributed by atoms with Crippen molar-refractivity contribution in [3.8, 4) is 11.5 Å². The SMILES string of the molecule is Cn1cc(CCNC(=O)c2cccc(O)c2O)cn1. The first kappa shape index (κ1) is 12.9. The molecule has 3 N–H and O–H groups in total. The van der Waals surface area contributed by atoms with E-state index < -0.39 is 11.7 Å². The van der Waals surface area contributed by atoms with E-state index in [1.165, 1.54) is 18.2 Å². The third kappa shape index (κ3) is 3.04. The van der Waals surface area contributed by atoms with Gasteiger partial charge in [-0.1, -0.05) is 6.07 Å². The fourth-order valence-electron chi connectivity index (χ4n) is 1.73. The van der Waals surface area contributed by atoms with Gasteiger partial charge in [0.2, 0.25) is 0 Å². The van der Waals surface area contributed by atoms with Gasteiger partial charge in [0.15, 0.2) is 11.5 Å². The van der Waals surface area contributed by atoms with Crippen LogP contribution in [0, 0.1) is 0 Å². The number of phenols is 2. The van der Waals surface area contributed by atoms with E-state index in [2.05, 4.69) is 10.4 Å². The highest BCUT2D eigenvalue weighted by Gasteiger charge is 2.13. The van der Waals surface area contributed by atoms with Crippen LogP contribution in [-0.2, 0) is 13.5 Å². The number of nitrogens with zero attached hydrogens (tertiary/aromatic N) is 2. The monoisotopic (exact) mass is 261 g/mol. The van der Waals surface area contributed by atoms with Crippen molar-refractivity contribution in [1.82, 2.24) is 15.1 Å². The molecule has 1 aromatic heterocycles. The predicted octanol–water partition coefficient (Wildman–Crippen LogP) is 0.804. The molecular formula is C13H15N3O3. The number of hydrogen-bond acceptors (Lipinski definition) is 4. The maximum absolute atomic E-state index is 11.8. The summed E-state index contributed by atoms with van der Waals surface area (Å²) in [5.74, 6) is -1.13. The second kappa shape index (κ2) is 5.43. The van der Waals surface area contributed by atoms with Gasteiger partial charge in [-0.2, -0.15) is 5.10 Å². The number of hydrogen-bond donors (Lipinski definition) is 3. The molecule has 0 aliphatic rings. The van der Waals surface area contributed by atoms with E-state index in [4.69, 9.17) is 0 Å². The Hall–Kier alpha value is -2.50. The lowest BCUT2D eigenvalue weighted by molar-refractivity contribution is 0.0951. The number of aromatic nitrogens is 2. The molecule has 0 radical (unpaired) electrons. The van der Waals surface area contributed by atoms with Crippen LogP contribution in [0.1, 0.15) is 15.9 Å². The second-order valence-corrected chi connectivity index (χ2v) is 4.20. The molecule has 1 aromatic carbocycles. The van der Waals surface area contributed by atoms with Gasteiger partial charge in [0.25, 0.3) is 5.91 Å². The predicted molar refractivity (Wildman–Crippen MR) is 69.0 cm³/mol. The topological polar surface area (TPSA) is 87.4 Å². The minimum atomic E-state index is -0.419. The normalized spacial score (nSPS) is 10.4. The lowest BCUT2D eigenvalue weighted by Gasteiger charge is -2.07. The Morgan fingerprint density at radius 3 is 2.89 bits per heavy atom. The summed E-state index contributed by atoms with van der Waals surface area (Å²) in [6.07, 6.45) is 4.26. The molecule has 6 nitrogen and oxygen atoms in total. The van der Waals surface area contributed by atoms with Crippen molar-refractivity contribution in [3.63, 3.8) is 0 Å². The zero-order valence-corrected chi connectivity index (χ0v) is 10.5. The van der Waals surface area contributed by atoms with Gasteiger partial charge < -0.3 is 15.5 Å². The van der Waals surface area contributed by atoms with Gasteiger partial charge in [-0.05, 0) is 24.1 Å². The van der Waals surface area contributed by atoms with Crippen LogP contribution in [-0.4, -0.2) is 32.4 Å². The van der Waals surface area contributed by atoms with Crippen molar-refractivity contribution in [2.24, 2.45) is 7.05 Å². The van der Waals surface area contributed by atoms with Crippen LogP contribution in [0.4, 0.5) is 0 Å². The summed E-state index contributed by atoms with van der Waals surface area (Å²) in [6.45, 7) is 0.430. The summed E-state index contributed by atoms with van der Waals surface area (Å²) in [5, 5.41) is 25.6. The fourth-order valence-corrected chi connectivity index (χ4v) is 1.73. The number of rotatable bonds is 4. The molecule has 0 fully saturated rings. The van der Waals surface area contributed by atoms with E-state index in [1.54, 1.807) is 10.9 Å². The van der Waals surface area contributed by atoms with E-state index in [-0.39, 0.29) is 11.3 Å². The Kier molecular flexibility index (Phi) is 3.70. The summed E-state index contributed by atoms with van der Waals surface area (Å²) < 4.78 is 1.69. The van der Waals surface area contributed by atoms with Crippen LogP contribution >= 0.6 is 0 Å². The molecular weight excluding hydrogens is 246 g/mol. The number of aryl methyl sites for hydroxylation is 1.